The highest BCUT2D eigenvalue weighted by Gasteiger charge is 2.39. The monoisotopic (exact) mass is 259 g/mol. The molecule has 2 rings (SSSR count). The first kappa shape index (κ1) is 14.6. The minimum atomic E-state index is 0.676. The van der Waals surface area contributed by atoms with Crippen molar-refractivity contribution in [2.24, 2.45) is 11.8 Å². The number of hydrogen-bond acceptors (Lipinski definition) is 1. The first-order chi connectivity index (χ1) is 9.02. The third-order valence-electron chi connectivity index (χ3n) is 4.61. The van der Waals surface area contributed by atoms with Gasteiger partial charge in [0, 0.05) is 6.04 Å². The van der Waals surface area contributed by atoms with Crippen LogP contribution in [0, 0.1) is 32.6 Å². The Kier molecular flexibility index (Phi) is 4.67. The zero-order valence-electron chi connectivity index (χ0n) is 13.2. The van der Waals surface area contributed by atoms with Gasteiger partial charge in [-0.3, -0.25) is 0 Å². The van der Waals surface area contributed by atoms with Crippen LogP contribution in [0.5, 0.6) is 0 Å². The molecule has 1 nitrogen and oxygen atoms in total. The van der Waals surface area contributed by atoms with Crippen molar-refractivity contribution in [1.82, 2.24) is 5.32 Å². The molecule has 0 heterocycles. The van der Waals surface area contributed by atoms with Crippen LogP contribution in [-0.2, 0) is 6.42 Å². The van der Waals surface area contributed by atoms with E-state index in [4.69, 9.17) is 0 Å². The third-order valence-corrected chi connectivity index (χ3v) is 4.61. The normalized spacial score (nSPS) is 23.4. The summed E-state index contributed by atoms with van der Waals surface area (Å²) in [6.45, 7) is 12.5. The van der Waals surface area contributed by atoms with Gasteiger partial charge in [0.05, 0.1) is 0 Å². The molecule has 1 heteroatoms. The van der Waals surface area contributed by atoms with Crippen LogP contribution in [0.15, 0.2) is 12.1 Å². The predicted molar refractivity (Wildman–Crippen MR) is 83.7 cm³/mol. The minimum Gasteiger partial charge on any atom is -0.313 e. The number of rotatable bonds is 6. The predicted octanol–water partition coefficient (Wildman–Crippen LogP) is 4.18. The molecule has 106 valence electrons. The van der Waals surface area contributed by atoms with E-state index in [0.29, 0.717) is 6.04 Å². The zero-order chi connectivity index (χ0) is 14.0. The van der Waals surface area contributed by atoms with E-state index in [-0.39, 0.29) is 0 Å². The molecule has 0 aromatic heterocycles. The zero-order valence-corrected chi connectivity index (χ0v) is 13.2. The van der Waals surface area contributed by atoms with E-state index in [1.54, 1.807) is 5.56 Å². The molecular weight excluding hydrogens is 230 g/mol. The Labute approximate surface area is 118 Å². The Morgan fingerprint density at radius 1 is 1.21 bits per heavy atom. The summed E-state index contributed by atoms with van der Waals surface area (Å²) >= 11 is 0. The van der Waals surface area contributed by atoms with Crippen LogP contribution >= 0.6 is 0 Å². The molecule has 0 spiro atoms. The quantitative estimate of drug-likeness (QED) is 0.808. The fourth-order valence-electron chi connectivity index (χ4n) is 3.37. The van der Waals surface area contributed by atoms with E-state index in [2.05, 4.69) is 52.1 Å². The van der Waals surface area contributed by atoms with Crippen LogP contribution < -0.4 is 5.32 Å². The molecule has 0 radical (unpaired) electrons. The molecule has 1 saturated carbocycles. The summed E-state index contributed by atoms with van der Waals surface area (Å²) in [7, 11) is 0. The maximum absolute atomic E-state index is 3.78. The summed E-state index contributed by atoms with van der Waals surface area (Å²) in [5.74, 6) is 1.81. The number of benzene rings is 1. The molecule has 3 atom stereocenters. The van der Waals surface area contributed by atoms with Gasteiger partial charge in [0.25, 0.3) is 0 Å². The molecule has 1 aliphatic rings. The molecule has 1 N–H and O–H groups in total. The van der Waals surface area contributed by atoms with Gasteiger partial charge in [-0.25, -0.2) is 0 Å². The Morgan fingerprint density at radius 3 is 2.26 bits per heavy atom. The van der Waals surface area contributed by atoms with Crippen molar-refractivity contribution in [2.75, 3.05) is 6.54 Å². The maximum atomic E-state index is 3.78. The maximum Gasteiger partial charge on any atom is 0.0139 e. The van der Waals surface area contributed by atoms with Gasteiger partial charge >= 0.3 is 0 Å². The smallest absolute Gasteiger partial charge is 0.0139 e. The summed E-state index contributed by atoms with van der Waals surface area (Å²) in [5, 5.41) is 3.78. The molecule has 0 amide bonds. The van der Waals surface area contributed by atoms with E-state index in [1.165, 1.54) is 36.0 Å². The SMILES string of the molecule is CCCNC(Cc1c(C)cc(C)cc1C)C1CC1C. The van der Waals surface area contributed by atoms with Gasteiger partial charge in [-0.2, -0.15) is 0 Å². The average Bonchev–Trinajstić information content (AvgIpc) is 3.04. The lowest BCUT2D eigenvalue weighted by Gasteiger charge is -2.21. The van der Waals surface area contributed by atoms with Crippen molar-refractivity contribution in [2.45, 2.75) is 59.9 Å². The van der Waals surface area contributed by atoms with E-state index >= 15 is 0 Å². The lowest BCUT2D eigenvalue weighted by atomic mass is 9.92. The second-order valence-corrected chi connectivity index (χ2v) is 6.52. The van der Waals surface area contributed by atoms with Crippen LogP contribution in [0.4, 0.5) is 0 Å². The molecular formula is C18H29N. The summed E-state index contributed by atoms with van der Waals surface area (Å²) in [6, 6.07) is 5.33. The molecule has 3 unspecified atom stereocenters. The first-order valence-electron chi connectivity index (χ1n) is 7.83. The first-order valence-corrected chi connectivity index (χ1v) is 7.83. The molecule has 0 saturated heterocycles. The Hall–Kier alpha value is -0.820. The van der Waals surface area contributed by atoms with Gasteiger partial charge in [-0.05, 0) is 75.1 Å². The molecule has 0 aliphatic heterocycles. The lowest BCUT2D eigenvalue weighted by molar-refractivity contribution is 0.442. The number of nitrogens with one attached hydrogen (secondary N) is 1. The van der Waals surface area contributed by atoms with Gasteiger partial charge in [-0.15, -0.1) is 0 Å². The Bertz CT molecular complexity index is 412. The van der Waals surface area contributed by atoms with Crippen LogP contribution in [0.25, 0.3) is 0 Å². The second kappa shape index (κ2) is 6.09. The highest BCUT2D eigenvalue weighted by Crippen LogP contribution is 2.41. The van der Waals surface area contributed by atoms with Crippen molar-refractivity contribution in [3.8, 4) is 0 Å². The molecule has 1 aromatic carbocycles. The van der Waals surface area contributed by atoms with Crippen LogP contribution in [0.3, 0.4) is 0 Å². The molecule has 0 bridgehead atoms. The molecule has 1 fully saturated rings. The molecule has 19 heavy (non-hydrogen) atoms. The van der Waals surface area contributed by atoms with E-state index < -0.39 is 0 Å². The van der Waals surface area contributed by atoms with Crippen molar-refractivity contribution in [3.63, 3.8) is 0 Å². The van der Waals surface area contributed by atoms with E-state index in [1.807, 2.05) is 0 Å². The van der Waals surface area contributed by atoms with Crippen molar-refractivity contribution < 1.29 is 0 Å². The second-order valence-electron chi connectivity index (χ2n) is 6.52. The van der Waals surface area contributed by atoms with Gasteiger partial charge in [-0.1, -0.05) is 31.5 Å². The average molecular weight is 259 g/mol. The van der Waals surface area contributed by atoms with Crippen LogP contribution in [-0.4, -0.2) is 12.6 Å². The number of aryl methyl sites for hydroxylation is 3. The summed E-state index contributed by atoms with van der Waals surface area (Å²) in [4.78, 5) is 0. The largest absolute Gasteiger partial charge is 0.313 e. The van der Waals surface area contributed by atoms with Crippen molar-refractivity contribution in [1.29, 1.82) is 0 Å². The Balaban J connectivity index is 2.12. The lowest BCUT2D eigenvalue weighted by Crippen LogP contribution is -2.34. The highest BCUT2D eigenvalue weighted by molar-refractivity contribution is 5.38. The van der Waals surface area contributed by atoms with Crippen LogP contribution in [0.2, 0.25) is 0 Å². The van der Waals surface area contributed by atoms with E-state index in [0.717, 1.165) is 18.4 Å². The van der Waals surface area contributed by atoms with Crippen molar-refractivity contribution in [3.05, 3.63) is 34.4 Å². The van der Waals surface area contributed by atoms with Crippen molar-refractivity contribution >= 4 is 0 Å². The minimum absolute atomic E-state index is 0.676. The summed E-state index contributed by atoms with van der Waals surface area (Å²) in [5.41, 5.74) is 5.89. The van der Waals surface area contributed by atoms with Gasteiger partial charge < -0.3 is 5.32 Å². The fourth-order valence-corrected chi connectivity index (χ4v) is 3.37. The summed E-state index contributed by atoms with van der Waals surface area (Å²) < 4.78 is 0. The van der Waals surface area contributed by atoms with Gasteiger partial charge in [0.2, 0.25) is 0 Å². The summed E-state index contributed by atoms with van der Waals surface area (Å²) in [6.07, 6.45) is 3.84. The molecule has 1 aromatic rings. The number of hydrogen-bond donors (Lipinski definition) is 1. The third kappa shape index (κ3) is 3.60. The van der Waals surface area contributed by atoms with Gasteiger partial charge in [0.15, 0.2) is 0 Å². The fraction of sp³-hybridized carbons (Fsp3) is 0.667. The standard InChI is InChI=1S/C18H29N/c1-6-7-19-18(17-10-15(17)5)11-16-13(3)8-12(2)9-14(16)4/h8-9,15,17-19H,6-7,10-11H2,1-5H3. The Morgan fingerprint density at radius 2 is 1.79 bits per heavy atom. The highest BCUT2D eigenvalue weighted by atomic mass is 14.9. The van der Waals surface area contributed by atoms with Crippen LogP contribution in [0.1, 0.15) is 48.9 Å². The van der Waals surface area contributed by atoms with E-state index in [9.17, 15) is 0 Å². The van der Waals surface area contributed by atoms with Gasteiger partial charge in [0.1, 0.15) is 0 Å². The topological polar surface area (TPSA) is 12.0 Å². The molecule has 1 aliphatic carbocycles.